The van der Waals surface area contributed by atoms with Gasteiger partial charge >= 0.3 is 0 Å². The highest BCUT2D eigenvalue weighted by Crippen LogP contribution is 2.28. The van der Waals surface area contributed by atoms with E-state index in [-0.39, 0.29) is 0 Å². The lowest BCUT2D eigenvalue weighted by Crippen LogP contribution is -2.11. The molecule has 0 fully saturated rings. The lowest BCUT2D eigenvalue weighted by atomic mass is 10.1. The van der Waals surface area contributed by atoms with Crippen LogP contribution in [0.1, 0.15) is 13.8 Å². The Morgan fingerprint density at radius 2 is 1.95 bits per heavy atom. The smallest absolute Gasteiger partial charge is 0.148 e. The Morgan fingerprint density at radius 3 is 2.62 bits per heavy atom. The fraction of sp³-hybridized carbons (Fsp3) is 0.267. The van der Waals surface area contributed by atoms with Crippen LogP contribution in [0.2, 0.25) is 0 Å². The second-order valence-corrected chi connectivity index (χ2v) is 5.15. The third kappa shape index (κ3) is 2.65. The maximum atomic E-state index is 4.47. The third-order valence-corrected chi connectivity index (χ3v) is 3.16. The van der Waals surface area contributed by atoms with Crippen molar-refractivity contribution in [3.8, 4) is 11.3 Å². The minimum absolute atomic E-state index is 0.332. The van der Waals surface area contributed by atoms with E-state index in [0.29, 0.717) is 6.04 Å². The zero-order chi connectivity index (χ0) is 14.8. The monoisotopic (exact) mass is 282 g/mol. The highest BCUT2D eigenvalue weighted by Gasteiger charge is 2.10. The van der Waals surface area contributed by atoms with Crippen LogP contribution in [0.15, 0.2) is 30.5 Å². The van der Waals surface area contributed by atoms with E-state index in [1.807, 2.05) is 37.5 Å². The molecule has 3 aromatic rings. The highest BCUT2D eigenvalue weighted by molar-refractivity contribution is 5.93. The largest absolute Gasteiger partial charge is 0.373 e. The van der Waals surface area contributed by atoms with Crippen LogP contribution in [0.4, 0.5) is 11.6 Å². The van der Waals surface area contributed by atoms with Gasteiger partial charge in [-0.3, -0.25) is 0 Å². The second kappa shape index (κ2) is 5.40. The maximum Gasteiger partial charge on any atom is 0.148 e. The summed E-state index contributed by atoms with van der Waals surface area (Å²) in [5.41, 5.74) is 2.67. The van der Waals surface area contributed by atoms with Crippen molar-refractivity contribution in [3.63, 3.8) is 0 Å². The lowest BCUT2D eigenvalue weighted by Gasteiger charge is -2.09. The molecule has 6 heteroatoms. The van der Waals surface area contributed by atoms with E-state index < -0.39 is 0 Å². The normalized spacial score (nSPS) is 11.0. The first-order valence-corrected chi connectivity index (χ1v) is 6.94. The standard InChI is InChI=1S/C15H18N6/c1-9(2)18-13-5-4-12(20-21-13)11-8-14(16-3)19-15-10(11)6-7-17-15/h4-9H,1-3H3,(H,18,21)(H2,16,17,19). The number of hydrogen-bond donors (Lipinski definition) is 3. The summed E-state index contributed by atoms with van der Waals surface area (Å²) in [4.78, 5) is 7.60. The number of hydrogen-bond acceptors (Lipinski definition) is 5. The van der Waals surface area contributed by atoms with E-state index in [4.69, 9.17) is 0 Å². The Hall–Kier alpha value is -2.63. The minimum Gasteiger partial charge on any atom is -0.373 e. The predicted molar refractivity (Wildman–Crippen MR) is 85.4 cm³/mol. The first kappa shape index (κ1) is 13.4. The van der Waals surface area contributed by atoms with Crippen LogP contribution in [-0.4, -0.2) is 33.3 Å². The third-order valence-electron chi connectivity index (χ3n) is 3.16. The van der Waals surface area contributed by atoms with Crippen LogP contribution in [0.3, 0.4) is 0 Å². The molecule has 0 amide bonds. The fourth-order valence-electron chi connectivity index (χ4n) is 2.23. The van der Waals surface area contributed by atoms with E-state index in [0.717, 1.165) is 33.9 Å². The molecule has 0 radical (unpaired) electrons. The zero-order valence-corrected chi connectivity index (χ0v) is 12.3. The first-order valence-electron chi connectivity index (χ1n) is 6.94. The Balaban J connectivity index is 2.05. The van der Waals surface area contributed by atoms with Gasteiger partial charge in [0.2, 0.25) is 0 Å². The molecule has 0 bridgehead atoms. The molecule has 108 valence electrons. The van der Waals surface area contributed by atoms with E-state index >= 15 is 0 Å². The molecule has 0 aliphatic heterocycles. The van der Waals surface area contributed by atoms with Gasteiger partial charge in [-0.2, -0.15) is 0 Å². The van der Waals surface area contributed by atoms with Crippen LogP contribution in [0.5, 0.6) is 0 Å². The summed E-state index contributed by atoms with van der Waals surface area (Å²) in [5.74, 6) is 1.58. The van der Waals surface area contributed by atoms with Gasteiger partial charge in [-0.1, -0.05) is 0 Å². The van der Waals surface area contributed by atoms with Gasteiger partial charge in [0.1, 0.15) is 17.3 Å². The SMILES string of the molecule is CNc1cc(-c2ccc(NC(C)C)nn2)c2cc[nH]c2n1. The number of fused-ring (bicyclic) bond motifs is 1. The predicted octanol–water partition coefficient (Wildman–Crippen LogP) is 2.88. The molecule has 0 aliphatic rings. The Morgan fingerprint density at radius 1 is 1.10 bits per heavy atom. The molecule has 0 atom stereocenters. The zero-order valence-electron chi connectivity index (χ0n) is 12.3. The molecule has 0 aliphatic carbocycles. The summed E-state index contributed by atoms with van der Waals surface area (Å²) in [7, 11) is 1.85. The highest BCUT2D eigenvalue weighted by atomic mass is 15.2. The lowest BCUT2D eigenvalue weighted by molar-refractivity contribution is 0.875. The molecule has 3 aromatic heterocycles. The quantitative estimate of drug-likeness (QED) is 0.685. The molecular weight excluding hydrogens is 264 g/mol. The second-order valence-electron chi connectivity index (χ2n) is 5.15. The molecule has 6 nitrogen and oxygen atoms in total. The number of rotatable bonds is 4. The number of pyridine rings is 1. The maximum absolute atomic E-state index is 4.47. The molecule has 21 heavy (non-hydrogen) atoms. The average Bonchev–Trinajstić information content (AvgIpc) is 2.94. The van der Waals surface area contributed by atoms with Gasteiger partial charge in [0.15, 0.2) is 0 Å². The summed E-state index contributed by atoms with van der Waals surface area (Å²) in [6, 6.07) is 8.23. The fourth-order valence-corrected chi connectivity index (χ4v) is 2.23. The van der Waals surface area contributed by atoms with Crippen molar-refractivity contribution in [2.24, 2.45) is 0 Å². The molecule has 3 rings (SSSR count). The number of anilines is 2. The van der Waals surface area contributed by atoms with Crippen molar-refractivity contribution in [2.75, 3.05) is 17.7 Å². The Labute approximate surface area is 123 Å². The molecule has 0 saturated heterocycles. The van der Waals surface area contributed by atoms with Gasteiger partial charge in [-0.15, -0.1) is 10.2 Å². The molecular formula is C15H18N6. The summed E-state index contributed by atoms with van der Waals surface area (Å²) >= 11 is 0. The number of H-pyrrole nitrogens is 1. The number of aromatic nitrogens is 4. The topological polar surface area (TPSA) is 78.5 Å². The van der Waals surface area contributed by atoms with Crippen molar-refractivity contribution in [3.05, 3.63) is 30.5 Å². The van der Waals surface area contributed by atoms with Crippen molar-refractivity contribution < 1.29 is 0 Å². The Kier molecular flexibility index (Phi) is 3.43. The molecule has 0 saturated carbocycles. The van der Waals surface area contributed by atoms with E-state index in [1.54, 1.807) is 0 Å². The Bertz CT molecular complexity index is 744. The summed E-state index contributed by atoms with van der Waals surface area (Å²) in [6.45, 7) is 4.14. The van der Waals surface area contributed by atoms with E-state index in [9.17, 15) is 0 Å². The van der Waals surface area contributed by atoms with Crippen LogP contribution in [0.25, 0.3) is 22.3 Å². The van der Waals surface area contributed by atoms with E-state index in [1.165, 1.54) is 0 Å². The first-order chi connectivity index (χ1) is 10.2. The molecule has 3 heterocycles. The molecule has 0 aromatic carbocycles. The van der Waals surface area contributed by atoms with Gasteiger partial charge in [-0.25, -0.2) is 4.98 Å². The summed E-state index contributed by atoms with van der Waals surface area (Å²) in [5, 5.41) is 15.9. The average molecular weight is 282 g/mol. The van der Waals surface area contributed by atoms with Gasteiger partial charge in [0.05, 0.1) is 5.69 Å². The minimum atomic E-state index is 0.332. The van der Waals surface area contributed by atoms with E-state index in [2.05, 4.69) is 44.6 Å². The van der Waals surface area contributed by atoms with Crippen LogP contribution in [0, 0.1) is 0 Å². The van der Waals surface area contributed by atoms with Gasteiger partial charge in [-0.05, 0) is 38.1 Å². The van der Waals surface area contributed by atoms with Crippen LogP contribution >= 0.6 is 0 Å². The molecule has 0 unspecified atom stereocenters. The van der Waals surface area contributed by atoms with Gasteiger partial charge in [0, 0.05) is 30.2 Å². The summed E-state index contributed by atoms with van der Waals surface area (Å²) in [6.07, 6.45) is 1.88. The van der Waals surface area contributed by atoms with Crippen molar-refractivity contribution in [1.82, 2.24) is 20.2 Å². The van der Waals surface area contributed by atoms with Crippen LogP contribution < -0.4 is 10.6 Å². The summed E-state index contributed by atoms with van der Waals surface area (Å²) < 4.78 is 0. The van der Waals surface area contributed by atoms with Crippen molar-refractivity contribution >= 4 is 22.7 Å². The number of aromatic amines is 1. The van der Waals surface area contributed by atoms with Crippen molar-refractivity contribution in [2.45, 2.75) is 19.9 Å². The number of nitrogens with one attached hydrogen (secondary N) is 3. The van der Waals surface area contributed by atoms with Crippen molar-refractivity contribution in [1.29, 1.82) is 0 Å². The van der Waals surface area contributed by atoms with Crippen LogP contribution in [-0.2, 0) is 0 Å². The van der Waals surface area contributed by atoms with Gasteiger partial charge in [0.25, 0.3) is 0 Å². The molecule has 3 N–H and O–H groups in total. The molecule has 0 spiro atoms. The number of nitrogens with zero attached hydrogens (tertiary/aromatic N) is 3. The van der Waals surface area contributed by atoms with Gasteiger partial charge < -0.3 is 15.6 Å².